The summed E-state index contributed by atoms with van der Waals surface area (Å²) in [4.78, 5) is 8.27. The summed E-state index contributed by atoms with van der Waals surface area (Å²) in [6, 6.07) is 43.1. The maximum atomic E-state index is 12.0. The van der Waals surface area contributed by atoms with Crippen molar-refractivity contribution in [1.82, 2.24) is 9.55 Å². The van der Waals surface area contributed by atoms with E-state index in [4.69, 9.17) is 9.47 Å². The van der Waals surface area contributed by atoms with Gasteiger partial charge in [0, 0.05) is 90.9 Å². The number of nitrogens with zero attached hydrogens (tertiary/aromatic N) is 4. The Morgan fingerprint density at radius 1 is 0.359 bits per heavy atom. The lowest BCUT2D eigenvalue weighted by Gasteiger charge is -2.48. The van der Waals surface area contributed by atoms with Crippen molar-refractivity contribution in [3.05, 3.63) is 314 Å². The van der Waals surface area contributed by atoms with Crippen molar-refractivity contribution in [1.29, 1.82) is 0 Å². The molecular weight excluding hydrogens is 1250 g/mol. The average Bonchev–Trinajstić information content (AvgIpc) is 0.777. The summed E-state index contributed by atoms with van der Waals surface area (Å²) >= 11 is 0. The second kappa shape index (κ2) is 23.4. The van der Waals surface area contributed by atoms with Crippen molar-refractivity contribution < 1.29 is 35.5 Å². The third-order valence-electron chi connectivity index (χ3n) is 20.5. The van der Waals surface area contributed by atoms with Gasteiger partial charge in [-0.05, 0) is 173 Å². The molecule has 103 heavy (non-hydrogen) atoms. The zero-order valence-corrected chi connectivity index (χ0v) is 58.1. The Labute approximate surface area is 631 Å². The molecule has 15 aromatic rings. The van der Waals surface area contributed by atoms with Gasteiger partial charge in [-0.2, -0.15) is 0 Å². The molecule has 19 rings (SSSR count). The van der Waals surface area contributed by atoms with Gasteiger partial charge in [-0.1, -0.05) is 256 Å². The molecule has 0 saturated carbocycles. The predicted octanol–water partition coefficient (Wildman–Crippen LogP) is 21.2. The van der Waals surface area contributed by atoms with E-state index < -0.39 is 162 Å². The van der Waals surface area contributed by atoms with Crippen molar-refractivity contribution in [3.8, 4) is 84.3 Å². The number of ether oxygens (including phenoxy) is 2. The molecule has 0 N–H and O–H groups in total. The quantitative estimate of drug-likeness (QED) is 0.142. The summed E-state index contributed by atoms with van der Waals surface area (Å²) in [5.41, 5.74) is 6.42. The van der Waals surface area contributed by atoms with Crippen molar-refractivity contribution in [2.75, 3.05) is 9.80 Å². The van der Waals surface area contributed by atoms with E-state index in [9.17, 15) is 26.0 Å². The maximum absolute atomic E-state index is 12.0. The largest absolute Gasteiger partial charge is 0.459 e. The molecule has 0 radical (unpaired) electrons. The van der Waals surface area contributed by atoms with Gasteiger partial charge in [0.15, 0.2) is 0 Å². The molecule has 0 aliphatic carbocycles. The second-order valence-electron chi connectivity index (χ2n) is 29.9. The fraction of sp³-hybridized carbons (Fsp3) is 0.126. The van der Waals surface area contributed by atoms with Crippen LogP contribution in [0.1, 0.15) is 105 Å². The van der Waals surface area contributed by atoms with Crippen LogP contribution in [-0.2, 0) is 16.2 Å². The van der Waals surface area contributed by atoms with E-state index >= 15 is 0 Å². The highest BCUT2D eigenvalue weighted by Gasteiger charge is 2.52. The first kappa shape index (κ1) is 45.1. The molecule has 0 bridgehead atoms. The highest BCUT2D eigenvalue weighted by molar-refractivity contribution is 7.03. The van der Waals surface area contributed by atoms with Crippen LogP contribution in [0.3, 0.4) is 0 Å². The topological polar surface area (TPSA) is 42.8 Å². The number of fused-ring (bicyclic) bond motifs is 12. The first-order chi connectivity index (χ1) is 58.0. The normalized spacial score (nSPS) is 16.0. The van der Waals surface area contributed by atoms with Gasteiger partial charge in [0.05, 0.1) is 48.5 Å². The van der Waals surface area contributed by atoms with E-state index in [1.165, 1.54) is 17.0 Å². The first-order valence-electron chi connectivity index (χ1n) is 44.2. The molecule has 0 fully saturated rings. The zero-order chi connectivity index (χ0) is 86.3. The molecule has 0 saturated heterocycles. The minimum absolute atomic E-state index is 0.00326. The monoisotopic (exact) mass is 1350 g/mol. The van der Waals surface area contributed by atoms with Crippen LogP contribution in [0.2, 0.25) is 0 Å². The molecule has 6 nitrogen and oxygen atoms in total. The maximum Gasteiger partial charge on any atom is 0.260 e. The number of hydrogen-bond acceptors (Lipinski definition) is 5. The smallest absolute Gasteiger partial charge is 0.260 e. The Morgan fingerprint density at radius 3 is 1.36 bits per heavy atom. The van der Waals surface area contributed by atoms with Gasteiger partial charge in [0.1, 0.15) is 23.0 Å². The molecule has 4 aliphatic heterocycles. The number of anilines is 6. The number of pyridine rings is 1. The van der Waals surface area contributed by atoms with Crippen LogP contribution < -0.4 is 52.1 Å². The third-order valence-corrected chi connectivity index (χ3v) is 20.5. The fourth-order valence-corrected chi connectivity index (χ4v) is 15.4. The molecule has 4 aliphatic rings. The Kier molecular flexibility index (Phi) is 10.2. The molecule has 0 atom stereocenters. The average molecular weight is 1350 g/mol. The van der Waals surface area contributed by atoms with Crippen LogP contribution in [0.4, 0.5) is 34.1 Å². The van der Waals surface area contributed by atoms with Gasteiger partial charge >= 0.3 is 0 Å². The zero-order valence-electron chi connectivity index (χ0n) is 77.1. The summed E-state index contributed by atoms with van der Waals surface area (Å²) < 4.78 is 209. The summed E-state index contributed by atoms with van der Waals surface area (Å²) in [5, 5.41) is -0.471. The molecule has 0 amide bonds. The lowest BCUT2D eigenvalue weighted by Crippen LogP contribution is -2.65. The number of benzene rings is 13. The second-order valence-corrected chi connectivity index (χ2v) is 29.9. The van der Waals surface area contributed by atoms with E-state index in [-0.39, 0.29) is 83.1 Å². The summed E-state index contributed by atoms with van der Waals surface area (Å²) in [7, 11) is 0. The minimum Gasteiger partial charge on any atom is -0.459 e. The summed E-state index contributed by atoms with van der Waals surface area (Å²) in [6.45, 7) is 15.7. The third kappa shape index (κ3) is 9.96. The number of aromatic nitrogens is 2. The lowest BCUT2D eigenvalue weighted by atomic mass is 9.30. The molecule has 6 heterocycles. The number of rotatable bonds is 8. The van der Waals surface area contributed by atoms with Crippen molar-refractivity contribution in [2.45, 2.75) is 78.6 Å². The molecule has 0 spiro atoms. The molecule has 2 aromatic heterocycles. The van der Waals surface area contributed by atoms with E-state index in [0.717, 1.165) is 22.3 Å². The van der Waals surface area contributed by atoms with Gasteiger partial charge < -0.3 is 23.8 Å². The van der Waals surface area contributed by atoms with Crippen LogP contribution in [0.5, 0.6) is 23.0 Å². The van der Waals surface area contributed by atoms with Gasteiger partial charge in [0.25, 0.3) is 13.4 Å². The molecule has 8 heteroatoms. The standard InChI is InChI=1S/C95H76B2N4O2/c1-93(2,3)65-50-70(59-29-14-10-15-30-59)90(71(51-65)60-31-16-11-17-32-60)100-80-56-68(99-78-41-25-22-38-69(78)74-49-63(44-47-79(74)99)64-37-28-48-98-58-64)45-46-75(80)97-87-81(100)54-67(95(7,8)9)55-82(87)101(91-72(61-33-18-12-19-34-61)52-66(94(4,5)6)53-73(91)62-35-20-13-21-36-62)83-57-86-89-92(88(83)97)103-85-43-27-24-40-77(85)96(89)76-39-23-26-42-84(76)102-86/h10-58H,1-9H3/i22D,23D,24D,25D,26D,27D,38D,39D,40D,41D,42D,43D,44D,45D,46D,47D,49D,56D,57D. The van der Waals surface area contributed by atoms with Crippen LogP contribution >= 0.6 is 0 Å². The first-order valence-corrected chi connectivity index (χ1v) is 34.7. The van der Waals surface area contributed by atoms with Crippen molar-refractivity contribution in [2.24, 2.45) is 0 Å². The lowest BCUT2D eigenvalue weighted by molar-refractivity contribution is 0.467. The van der Waals surface area contributed by atoms with Crippen LogP contribution in [-0.4, -0.2) is 23.0 Å². The molecular formula is C95H76B2N4O2. The highest BCUT2D eigenvalue weighted by Crippen LogP contribution is 2.57. The SMILES string of the molecule is [2H]c1c([2H])c([2H])c2c(c1[2H])Oc1c([2H])c3c(c4c1B2c1c([2H])c([2H])c([2H])c([2H])c1O4)B1c2c(cc(C(C)(C)C)cc2N3c2c(-c3ccccc3)cc(C(C)(C)C)cc2-c2ccccc2)N(c2c(-c3ccccc3)cc(C(C)(C)C)cc2-c2ccccc2)c2c([2H])c(-n3c4c([2H])c([2H])c([2H])c([2H])c4c4c([2H])c(-c5cccnc5)c([2H])c([2H])c43)c([2H])c([2H])c21. The Hall–Kier alpha value is -11.9. The highest BCUT2D eigenvalue weighted by atomic mass is 16.5. The van der Waals surface area contributed by atoms with Crippen LogP contribution in [0, 0.1) is 0 Å². The van der Waals surface area contributed by atoms with E-state index in [0.29, 0.717) is 67.2 Å². The van der Waals surface area contributed by atoms with Gasteiger partial charge in [-0.15, -0.1) is 0 Å². The van der Waals surface area contributed by atoms with E-state index in [1.807, 2.05) is 137 Å². The van der Waals surface area contributed by atoms with Crippen LogP contribution in [0.25, 0.3) is 83.1 Å². The number of hydrogen-bond donors (Lipinski definition) is 0. The Morgan fingerprint density at radius 2 is 0.835 bits per heavy atom. The van der Waals surface area contributed by atoms with Crippen molar-refractivity contribution in [3.63, 3.8) is 0 Å². The predicted molar refractivity (Wildman–Crippen MR) is 434 cm³/mol. The molecule has 0 unspecified atom stereocenters. The Bertz CT molecular complexity index is 7000. The van der Waals surface area contributed by atoms with E-state index in [2.05, 4.69) is 97.6 Å². The number of para-hydroxylation sites is 3. The van der Waals surface area contributed by atoms with Gasteiger partial charge in [0.2, 0.25) is 0 Å². The van der Waals surface area contributed by atoms with Gasteiger partial charge in [-0.3, -0.25) is 4.98 Å². The molecule has 13 aromatic carbocycles. The van der Waals surface area contributed by atoms with E-state index in [1.54, 1.807) is 12.1 Å². The summed E-state index contributed by atoms with van der Waals surface area (Å²) in [5.74, 6) is -1.35. The fourth-order valence-electron chi connectivity index (χ4n) is 15.4. The van der Waals surface area contributed by atoms with Gasteiger partial charge in [-0.25, -0.2) is 0 Å². The van der Waals surface area contributed by atoms with Crippen molar-refractivity contribution >= 4 is 102 Å². The summed E-state index contributed by atoms with van der Waals surface area (Å²) in [6.07, 6.45) is 2.93. The Balaban J connectivity index is 1.10. The molecule has 494 valence electrons. The van der Waals surface area contributed by atoms with Crippen LogP contribution in [0.15, 0.2) is 297 Å². The minimum atomic E-state index is -1.63.